The Bertz CT molecular complexity index is 935. The van der Waals surface area contributed by atoms with Crippen molar-refractivity contribution in [1.29, 1.82) is 0 Å². The lowest BCUT2D eigenvalue weighted by molar-refractivity contribution is -0.267. The largest absolute Gasteiger partial charge is 0.432 e. The number of carbonyl (C=O) groups is 2. The SMILES string of the molecule is O=C(CCC1(C(F)(F)F)OC(=O)Nc2ccc(Cl)cc21)Nc1cccc(F)c1. The Morgan fingerprint density at radius 2 is 1.96 bits per heavy atom. The van der Waals surface area contributed by atoms with Crippen LogP contribution in [0, 0.1) is 5.82 Å². The van der Waals surface area contributed by atoms with Crippen molar-refractivity contribution >= 4 is 35.0 Å². The van der Waals surface area contributed by atoms with Crippen molar-refractivity contribution in [2.24, 2.45) is 0 Å². The summed E-state index contributed by atoms with van der Waals surface area (Å²) in [6.45, 7) is 0. The van der Waals surface area contributed by atoms with Crippen LogP contribution in [-0.4, -0.2) is 18.2 Å². The van der Waals surface area contributed by atoms with Gasteiger partial charge >= 0.3 is 12.3 Å². The molecule has 1 aliphatic rings. The predicted octanol–water partition coefficient (Wildman–Crippen LogP) is 5.22. The van der Waals surface area contributed by atoms with E-state index in [0.717, 1.165) is 18.2 Å². The molecule has 0 radical (unpaired) electrons. The maximum absolute atomic E-state index is 14.0. The average molecular weight is 417 g/mol. The monoisotopic (exact) mass is 416 g/mol. The van der Waals surface area contributed by atoms with E-state index < -0.39 is 48.0 Å². The predicted molar refractivity (Wildman–Crippen MR) is 93.6 cm³/mol. The summed E-state index contributed by atoms with van der Waals surface area (Å²) in [7, 11) is 0. The van der Waals surface area contributed by atoms with Crippen molar-refractivity contribution in [3.8, 4) is 0 Å². The smallest absolute Gasteiger partial charge is 0.428 e. The molecule has 2 N–H and O–H groups in total. The molecule has 0 saturated carbocycles. The molecule has 1 aliphatic heterocycles. The van der Waals surface area contributed by atoms with E-state index in [1.807, 2.05) is 0 Å². The lowest BCUT2D eigenvalue weighted by Gasteiger charge is -2.39. The fraction of sp³-hybridized carbons (Fsp3) is 0.222. The first-order valence-corrected chi connectivity index (χ1v) is 8.41. The van der Waals surface area contributed by atoms with E-state index in [4.69, 9.17) is 11.6 Å². The van der Waals surface area contributed by atoms with Crippen LogP contribution >= 0.6 is 11.6 Å². The number of cyclic esters (lactones) is 1. The van der Waals surface area contributed by atoms with Gasteiger partial charge in [-0.25, -0.2) is 9.18 Å². The number of rotatable bonds is 4. The number of anilines is 2. The van der Waals surface area contributed by atoms with E-state index in [9.17, 15) is 27.2 Å². The molecule has 2 aromatic carbocycles. The second kappa shape index (κ2) is 7.31. The number of ether oxygens (including phenoxy) is 1. The molecule has 0 aromatic heterocycles. The lowest BCUT2D eigenvalue weighted by atomic mass is 9.85. The summed E-state index contributed by atoms with van der Waals surface area (Å²) >= 11 is 5.82. The van der Waals surface area contributed by atoms with Crippen LogP contribution in [0.2, 0.25) is 5.02 Å². The molecule has 0 spiro atoms. The van der Waals surface area contributed by atoms with Crippen molar-refractivity contribution in [2.45, 2.75) is 24.6 Å². The van der Waals surface area contributed by atoms with Crippen molar-refractivity contribution < 1.29 is 31.9 Å². The van der Waals surface area contributed by atoms with Crippen LogP contribution in [0.1, 0.15) is 18.4 Å². The number of alkyl halides is 3. The van der Waals surface area contributed by atoms with E-state index in [1.165, 1.54) is 24.3 Å². The van der Waals surface area contributed by atoms with Gasteiger partial charge in [0.25, 0.3) is 0 Å². The molecular weight excluding hydrogens is 404 g/mol. The van der Waals surface area contributed by atoms with Crippen molar-refractivity contribution in [3.63, 3.8) is 0 Å². The van der Waals surface area contributed by atoms with Gasteiger partial charge in [-0.2, -0.15) is 13.2 Å². The fourth-order valence-electron chi connectivity index (χ4n) is 2.93. The molecule has 3 rings (SSSR count). The lowest BCUT2D eigenvalue weighted by Crippen LogP contribution is -2.50. The highest BCUT2D eigenvalue weighted by atomic mass is 35.5. The highest BCUT2D eigenvalue weighted by Crippen LogP contribution is 2.50. The Balaban J connectivity index is 1.89. The molecule has 0 fully saturated rings. The average Bonchev–Trinajstić information content (AvgIpc) is 2.59. The Hall–Kier alpha value is -2.81. The van der Waals surface area contributed by atoms with Crippen LogP contribution in [0.25, 0.3) is 0 Å². The van der Waals surface area contributed by atoms with Crippen LogP contribution in [-0.2, 0) is 15.1 Å². The summed E-state index contributed by atoms with van der Waals surface area (Å²) < 4.78 is 59.8. The number of carbonyl (C=O) groups excluding carboxylic acids is 2. The standard InChI is InChI=1S/C18H13ClF4N2O3/c19-10-4-5-14-13(8-10)17(18(21,22)23,28-16(27)25-14)7-6-15(26)24-12-3-1-2-11(20)9-12/h1-5,8-9H,6-7H2,(H,24,26)(H,25,27). The number of amides is 2. The third-order valence-corrected chi connectivity index (χ3v) is 4.43. The zero-order valence-electron chi connectivity index (χ0n) is 14.1. The van der Waals surface area contributed by atoms with Gasteiger partial charge in [0.15, 0.2) is 0 Å². The summed E-state index contributed by atoms with van der Waals surface area (Å²) in [5.41, 5.74) is -3.46. The van der Waals surface area contributed by atoms with Gasteiger partial charge in [-0.15, -0.1) is 0 Å². The topological polar surface area (TPSA) is 67.4 Å². The molecule has 2 amide bonds. The minimum Gasteiger partial charge on any atom is -0.428 e. The number of benzene rings is 2. The molecule has 148 valence electrons. The second-order valence-corrected chi connectivity index (χ2v) is 6.52. The van der Waals surface area contributed by atoms with E-state index in [2.05, 4.69) is 15.4 Å². The molecule has 0 bridgehead atoms. The highest BCUT2D eigenvalue weighted by molar-refractivity contribution is 6.30. The highest BCUT2D eigenvalue weighted by Gasteiger charge is 2.62. The number of hydrogen-bond acceptors (Lipinski definition) is 3. The van der Waals surface area contributed by atoms with Gasteiger partial charge in [0.2, 0.25) is 11.5 Å². The minimum atomic E-state index is -5.01. The maximum atomic E-state index is 14.0. The molecule has 5 nitrogen and oxygen atoms in total. The van der Waals surface area contributed by atoms with Crippen LogP contribution in [0.4, 0.5) is 33.7 Å². The van der Waals surface area contributed by atoms with Crippen LogP contribution < -0.4 is 10.6 Å². The quantitative estimate of drug-likeness (QED) is 0.672. The third kappa shape index (κ3) is 3.89. The molecule has 1 heterocycles. The van der Waals surface area contributed by atoms with Crippen LogP contribution in [0.5, 0.6) is 0 Å². The number of nitrogens with one attached hydrogen (secondary N) is 2. The Labute approximate surface area is 161 Å². The van der Waals surface area contributed by atoms with Gasteiger partial charge in [-0.1, -0.05) is 17.7 Å². The summed E-state index contributed by atoms with van der Waals surface area (Å²) in [5, 5.41) is 4.51. The first kappa shape index (κ1) is 19.9. The van der Waals surface area contributed by atoms with Gasteiger partial charge in [-0.3, -0.25) is 10.1 Å². The van der Waals surface area contributed by atoms with Gasteiger partial charge in [0.05, 0.1) is 5.69 Å². The number of halogens is 5. The molecule has 1 atom stereocenters. The van der Waals surface area contributed by atoms with Crippen molar-refractivity contribution in [2.75, 3.05) is 10.6 Å². The van der Waals surface area contributed by atoms with Gasteiger partial charge < -0.3 is 10.1 Å². The van der Waals surface area contributed by atoms with Gasteiger partial charge in [0, 0.05) is 29.1 Å². The maximum Gasteiger partial charge on any atom is 0.432 e. The van der Waals surface area contributed by atoms with Crippen molar-refractivity contribution in [1.82, 2.24) is 0 Å². The van der Waals surface area contributed by atoms with E-state index in [1.54, 1.807) is 0 Å². The number of fused-ring (bicyclic) bond motifs is 1. The van der Waals surface area contributed by atoms with Gasteiger partial charge in [0.1, 0.15) is 5.82 Å². The zero-order chi connectivity index (χ0) is 20.5. The Morgan fingerprint density at radius 3 is 2.64 bits per heavy atom. The Morgan fingerprint density at radius 1 is 1.21 bits per heavy atom. The third-order valence-electron chi connectivity index (χ3n) is 4.19. The van der Waals surface area contributed by atoms with Crippen LogP contribution in [0.3, 0.4) is 0 Å². The first-order valence-electron chi connectivity index (χ1n) is 8.03. The molecule has 1 unspecified atom stereocenters. The normalized spacial score (nSPS) is 18.7. The van der Waals surface area contributed by atoms with E-state index in [0.29, 0.717) is 0 Å². The second-order valence-electron chi connectivity index (χ2n) is 6.09. The summed E-state index contributed by atoms with van der Waals surface area (Å²) in [4.78, 5) is 23.9. The number of hydrogen-bond donors (Lipinski definition) is 2. The van der Waals surface area contributed by atoms with E-state index in [-0.39, 0.29) is 16.4 Å². The van der Waals surface area contributed by atoms with Crippen LogP contribution in [0.15, 0.2) is 42.5 Å². The Kier molecular flexibility index (Phi) is 5.20. The fourth-order valence-corrected chi connectivity index (χ4v) is 3.10. The summed E-state index contributed by atoms with van der Waals surface area (Å²) in [5.74, 6) is -1.41. The van der Waals surface area contributed by atoms with Crippen molar-refractivity contribution in [3.05, 3.63) is 58.9 Å². The minimum absolute atomic E-state index is 0.0105. The van der Waals surface area contributed by atoms with Gasteiger partial charge in [-0.05, 0) is 36.4 Å². The summed E-state index contributed by atoms with van der Waals surface area (Å²) in [6.07, 6.45) is -7.82. The molecule has 10 heteroatoms. The first-order chi connectivity index (χ1) is 13.1. The zero-order valence-corrected chi connectivity index (χ0v) is 14.8. The molecule has 0 aliphatic carbocycles. The molecular formula is C18H13ClF4N2O3. The van der Waals surface area contributed by atoms with E-state index >= 15 is 0 Å². The molecule has 0 saturated heterocycles. The molecule has 28 heavy (non-hydrogen) atoms. The molecule has 2 aromatic rings. The summed E-state index contributed by atoms with van der Waals surface area (Å²) in [6, 6.07) is 8.50.